The van der Waals surface area contributed by atoms with Crippen LogP contribution in [0.5, 0.6) is 0 Å². The molecule has 0 bridgehead atoms. The largest absolute Gasteiger partial charge is 0.288 e. The number of rotatable bonds is 5. The van der Waals surface area contributed by atoms with E-state index in [1.54, 1.807) is 48.5 Å². The average molecular weight is 352 g/mol. The second-order valence-electron chi connectivity index (χ2n) is 6.08. The van der Waals surface area contributed by atoms with Crippen LogP contribution in [-0.2, 0) is 0 Å². The van der Waals surface area contributed by atoms with Crippen LogP contribution >= 0.6 is 0 Å². The summed E-state index contributed by atoms with van der Waals surface area (Å²) in [5.74, 6) is -0.493. The summed E-state index contributed by atoms with van der Waals surface area (Å²) in [6.45, 7) is 0. The van der Waals surface area contributed by atoms with Gasteiger partial charge in [0.2, 0.25) is 5.78 Å². The molecule has 4 aromatic rings. The van der Waals surface area contributed by atoms with Crippen molar-refractivity contribution in [3.05, 3.63) is 113 Å². The molecule has 0 saturated heterocycles. The Balaban J connectivity index is 1.89. The van der Waals surface area contributed by atoms with Gasteiger partial charge in [0.15, 0.2) is 5.78 Å². The first-order valence-electron chi connectivity index (χ1n) is 8.59. The van der Waals surface area contributed by atoms with Crippen LogP contribution in [0, 0.1) is 0 Å². The van der Waals surface area contributed by atoms with Crippen LogP contribution in [0.1, 0.15) is 32.0 Å². The van der Waals surface area contributed by atoms with Crippen LogP contribution in [0.15, 0.2) is 91.0 Å². The number of carbonyl (C=O) groups is 2. The number of nitrogens with one attached hydrogen (secondary N) is 1. The minimum Gasteiger partial charge on any atom is -0.288 e. The molecule has 4 rings (SSSR count). The van der Waals surface area contributed by atoms with E-state index in [1.807, 2.05) is 42.5 Å². The maximum atomic E-state index is 13.2. The zero-order chi connectivity index (χ0) is 18.6. The SMILES string of the molecule is O=C(c1ccccc1)c1[nH]nc(-c2ccccc2)c1C(=O)c1ccccc1. The molecule has 1 N–H and O–H groups in total. The first-order valence-corrected chi connectivity index (χ1v) is 8.59. The topological polar surface area (TPSA) is 62.8 Å². The lowest BCUT2D eigenvalue weighted by atomic mass is 9.95. The summed E-state index contributed by atoms with van der Waals surface area (Å²) in [5, 5.41) is 7.11. The molecule has 0 aliphatic heterocycles. The van der Waals surface area contributed by atoms with Crippen LogP contribution < -0.4 is 0 Å². The maximum Gasteiger partial charge on any atom is 0.211 e. The fourth-order valence-electron chi connectivity index (χ4n) is 3.00. The summed E-state index contributed by atoms with van der Waals surface area (Å²) in [4.78, 5) is 26.3. The van der Waals surface area contributed by atoms with Crippen LogP contribution in [0.3, 0.4) is 0 Å². The third-order valence-electron chi connectivity index (χ3n) is 4.34. The number of aromatic amines is 1. The highest BCUT2D eigenvalue weighted by molar-refractivity contribution is 6.21. The molecule has 27 heavy (non-hydrogen) atoms. The van der Waals surface area contributed by atoms with Crippen molar-refractivity contribution < 1.29 is 9.59 Å². The average Bonchev–Trinajstić information content (AvgIpc) is 3.19. The molecule has 3 aromatic carbocycles. The maximum absolute atomic E-state index is 13.2. The van der Waals surface area contributed by atoms with Gasteiger partial charge in [-0.05, 0) is 0 Å². The first kappa shape index (κ1) is 16.7. The van der Waals surface area contributed by atoms with Crippen molar-refractivity contribution >= 4 is 11.6 Å². The number of carbonyl (C=O) groups excluding carboxylic acids is 2. The van der Waals surface area contributed by atoms with Gasteiger partial charge >= 0.3 is 0 Å². The lowest BCUT2D eigenvalue weighted by molar-refractivity contribution is 0.100. The molecule has 0 saturated carbocycles. The molecule has 0 unspecified atom stereocenters. The number of ketones is 2. The zero-order valence-corrected chi connectivity index (χ0v) is 14.4. The Kier molecular flexibility index (Phi) is 4.45. The van der Waals surface area contributed by atoms with E-state index in [1.165, 1.54) is 0 Å². The predicted octanol–water partition coefficient (Wildman–Crippen LogP) is 4.54. The Morgan fingerprint density at radius 2 is 1.11 bits per heavy atom. The van der Waals surface area contributed by atoms with E-state index in [-0.39, 0.29) is 17.3 Å². The van der Waals surface area contributed by atoms with Crippen molar-refractivity contribution in [2.75, 3.05) is 0 Å². The molecule has 1 heterocycles. The summed E-state index contributed by atoms with van der Waals surface area (Å²) in [7, 11) is 0. The predicted molar refractivity (Wildman–Crippen MR) is 104 cm³/mol. The van der Waals surface area contributed by atoms with Crippen molar-refractivity contribution in [2.24, 2.45) is 0 Å². The molecule has 0 aliphatic carbocycles. The van der Waals surface area contributed by atoms with Crippen LogP contribution in [0.25, 0.3) is 11.3 Å². The Morgan fingerprint density at radius 3 is 1.67 bits per heavy atom. The number of nitrogens with zero attached hydrogens (tertiary/aromatic N) is 1. The highest BCUT2D eigenvalue weighted by Gasteiger charge is 2.27. The van der Waals surface area contributed by atoms with Crippen molar-refractivity contribution in [2.45, 2.75) is 0 Å². The van der Waals surface area contributed by atoms with E-state index in [0.29, 0.717) is 22.4 Å². The minimum atomic E-state index is -0.260. The first-order chi connectivity index (χ1) is 13.3. The quantitative estimate of drug-likeness (QED) is 0.536. The van der Waals surface area contributed by atoms with Gasteiger partial charge in [-0.2, -0.15) is 5.10 Å². The summed E-state index contributed by atoms with van der Waals surface area (Å²) in [6.07, 6.45) is 0. The van der Waals surface area contributed by atoms with E-state index >= 15 is 0 Å². The molecule has 1 aromatic heterocycles. The Labute approximate surface area is 156 Å². The highest BCUT2D eigenvalue weighted by atomic mass is 16.1. The van der Waals surface area contributed by atoms with Gasteiger partial charge in [-0.15, -0.1) is 0 Å². The van der Waals surface area contributed by atoms with Gasteiger partial charge in [-0.25, -0.2) is 0 Å². The van der Waals surface area contributed by atoms with E-state index in [2.05, 4.69) is 10.2 Å². The smallest absolute Gasteiger partial charge is 0.211 e. The number of aromatic nitrogens is 2. The Hall–Kier alpha value is -3.79. The molecule has 0 atom stereocenters. The van der Waals surface area contributed by atoms with Gasteiger partial charge in [-0.3, -0.25) is 14.7 Å². The summed E-state index contributed by atoms with van der Waals surface area (Å²) < 4.78 is 0. The number of benzene rings is 3. The molecule has 0 fully saturated rings. The third-order valence-corrected chi connectivity index (χ3v) is 4.34. The molecule has 0 amide bonds. The van der Waals surface area contributed by atoms with Crippen molar-refractivity contribution in [3.8, 4) is 11.3 Å². The molecular weight excluding hydrogens is 336 g/mol. The Morgan fingerprint density at radius 1 is 0.630 bits per heavy atom. The summed E-state index contributed by atoms with van der Waals surface area (Å²) in [5.41, 5.74) is 2.76. The second-order valence-corrected chi connectivity index (χ2v) is 6.08. The second kappa shape index (κ2) is 7.22. The Bertz CT molecular complexity index is 1090. The number of hydrogen-bond donors (Lipinski definition) is 1. The normalized spacial score (nSPS) is 10.5. The number of H-pyrrole nitrogens is 1. The van der Waals surface area contributed by atoms with E-state index in [9.17, 15) is 9.59 Å². The summed E-state index contributed by atoms with van der Waals surface area (Å²) in [6, 6.07) is 27.2. The van der Waals surface area contributed by atoms with Gasteiger partial charge in [0.25, 0.3) is 0 Å². The molecule has 0 spiro atoms. The van der Waals surface area contributed by atoms with Crippen molar-refractivity contribution in [1.29, 1.82) is 0 Å². The zero-order valence-electron chi connectivity index (χ0n) is 14.4. The lowest BCUT2D eigenvalue weighted by Crippen LogP contribution is -2.11. The molecule has 0 radical (unpaired) electrons. The fourth-order valence-corrected chi connectivity index (χ4v) is 3.00. The standard InChI is InChI=1S/C23H16N2O2/c26-22(17-12-6-2-7-13-17)19-20(16-10-4-1-5-11-16)24-25-21(19)23(27)18-14-8-3-9-15-18/h1-15H,(H,24,25). The number of hydrogen-bond acceptors (Lipinski definition) is 3. The van der Waals surface area contributed by atoms with Gasteiger partial charge < -0.3 is 0 Å². The van der Waals surface area contributed by atoms with Crippen molar-refractivity contribution in [1.82, 2.24) is 10.2 Å². The third kappa shape index (κ3) is 3.20. The highest BCUT2D eigenvalue weighted by Crippen LogP contribution is 2.27. The molecule has 4 nitrogen and oxygen atoms in total. The minimum absolute atomic E-state index is 0.203. The lowest BCUT2D eigenvalue weighted by Gasteiger charge is -2.06. The van der Waals surface area contributed by atoms with Crippen LogP contribution in [0.4, 0.5) is 0 Å². The van der Waals surface area contributed by atoms with Gasteiger partial charge in [0.1, 0.15) is 11.4 Å². The van der Waals surface area contributed by atoms with Gasteiger partial charge in [0, 0.05) is 16.7 Å². The van der Waals surface area contributed by atoms with Crippen LogP contribution in [-0.4, -0.2) is 21.8 Å². The monoisotopic (exact) mass is 352 g/mol. The molecule has 0 aliphatic rings. The van der Waals surface area contributed by atoms with E-state index in [0.717, 1.165) is 5.56 Å². The van der Waals surface area contributed by atoms with Crippen molar-refractivity contribution in [3.63, 3.8) is 0 Å². The molecule has 130 valence electrons. The fraction of sp³-hybridized carbons (Fsp3) is 0. The van der Waals surface area contributed by atoms with E-state index < -0.39 is 0 Å². The van der Waals surface area contributed by atoms with E-state index in [4.69, 9.17) is 0 Å². The van der Waals surface area contributed by atoms with Crippen LogP contribution in [0.2, 0.25) is 0 Å². The molecular formula is C23H16N2O2. The van der Waals surface area contributed by atoms with Gasteiger partial charge in [0.05, 0.1) is 5.56 Å². The molecule has 4 heteroatoms. The summed E-state index contributed by atoms with van der Waals surface area (Å²) >= 11 is 0. The van der Waals surface area contributed by atoms with Gasteiger partial charge in [-0.1, -0.05) is 91.0 Å².